The topological polar surface area (TPSA) is 4.93 Å². The predicted octanol–water partition coefficient (Wildman–Crippen LogP) is 3.74. The molecule has 74 valence electrons. The molecule has 0 radical (unpaired) electrons. The van der Waals surface area contributed by atoms with Gasteiger partial charge in [-0.25, -0.2) is 0 Å². The summed E-state index contributed by atoms with van der Waals surface area (Å²) in [5.41, 5.74) is 2.40. The van der Waals surface area contributed by atoms with Crippen molar-refractivity contribution in [3.63, 3.8) is 0 Å². The molecule has 2 rings (SSSR count). The molecule has 0 aliphatic heterocycles. The zero-order chi connectivity index (χ0) is 10.1. The molecular weight excluding hydrogens is 214 g/mol. The van der Waals surface area contributed by atoms with Gasteiger partial charge in [-0.2, -0.15) is 12.6 Å². The van der Waals surface area contributed by atoms with E-state index < -0.39 is 0 Å². The Bertz CT molecular complexity index is 462. The van der Waals surface area contributed by atoms with Crippen LogP contribution in [0.4, 0.5) is 0 Å². The summed E-state index contributed by atoms with van der Waals surface area (Å²) in [6.45, 7) is 3.09. The molecule has 0 bridgehead atoms. The molecule has 0 fully saturated rings. The molecule has 1 heterocycles. The number of fused-ring (bicyclic) bond motifs is 1. The van der Waals surface area contributed by atoms with E-state index in [4.69, 9.17) is 11.6 Å². The molecule has 0 saturated heterocycles. The van der Waals surface area contributed by atoms with Gasteiger partial charge >= 0.3 is 0 Å². The average Bonchev–Trinajstić information content (AvgIpc) is 2.57. The molecule has 1 aromatic carbocycles. The van der Waals surface area contributed by atoms with Crippen LogP contribution in [0.5, 0.6) is 0 Å². The third-order valence-electron chi connectivity index (χ3n) is 2.44. The molecule has 0 atom stereocenters. The van der Waals surface area contributed by atoms with Crippen molar-refractivity contribution in [1.29, 1.82) is 0 Å². The van der Waals surface area contributed by atoms with Crippen LogP contribution in [-0.4, -0.2) is 4.57 Å². The van der Waals surface area contributed by atoms with Gasteiger partial charge in [0.25, 0.3) is 0 Å². The molecule has 0 spiro atoms. The maximum Gasteiger partial charge on any atom is 0.0502 e. The van der Waals surface area contributed by atoms with Crippen molar-refractivity contribution in [3.8, 4) is 0 Å². The Morgan fingerprint density at radius 2 is 2.21 bits per heavy atom. The first-order chi connectivity index (χ1) is 6.77. The van der Waals surface area contributed by atoms with E-state index in [0.717, 1.165) is 22.7 Å². The average molecular weight is 226 g/mol. The van der Waals surface area contributed by atoms with Gasteiger partial charge in [-0.1, -0.05) is 17.7 Å². The summed E-state index contributed by atoms with van der Waals surface area (Å²) in [6.07, 6.45) is 2.13. The Labute approximate surface area is 94.1 Å². The fraction of sp³-hybridized carbons (Fsp3) is 0.273. The molecule has 1 aromatic heterocycles. The third-order valence-corrected chi connectivity index (χ3v) is 3.10. The van der Waals surface area contributed by atoms with Gasteiger partial charge in [0, 0.05) is 29.4 Å². The molecule has 0 amide bonds. The number of hydrogen-bond donors (Lipinski definition) is 1. The number of aryl methyl sites for hydroxylation is 1. The van der Waals surface area contributed by atoms with E-state index in [1.807, 2.05) is 12.1 Å². The van der Waals surface area contributed by atoms with Crippen LogP contribution in [0.25, 0.3) is 10.9 Å². The number of rotatable bonds is 2. The summed E-state index contributed by atoms with van der Waals surface area (Å²) in [5, 5.41) is 1.96. The second kappa shape index (κ2) is 3.87. The van der Waals surface area contributed by atoms with Gasteiger partial charge in [0.15, 0.2) is 0 Å². The first kappa shape index (κ1) is 9.94. The van der Waals surface area contributed by atoms with E-state index >= 15 is 0 Å². The van der Waals surface area contributed by atoms with Gasteiger partial charge in [-0.15, -0.1) is 0 Å². The second-order valence-electron chi connectivity index (χ2n) is 3.23. The van der Waals surface area contributed by atoms with Crippen molar-refractivity contribution in [3.05, 3.63) is 35.0 Å². The maximum atomic E-state index is 6.16. The number of hydrogen-bond acceptors (Lipinski definition) is 1. The van der Waals surface area contributed by atoms with Gasteiger partial charge in [0.2, 0.25) is 0 Å². The standard InChI is InChI=1S/C11H12ClNS/c1-2-13-6-8(7-14)11-9(12)4-3-5-10(11)13/h3-6,14H,2,7H2,1H3. The van der Waals surface area contributed by atoms with Crippen LogP contribution in [0.15, 0.2) is 24.4 Å². The normalized spacial score (nSPS) is 11.1. The third kappa shape index (κ3) is 1.43. The van der Waals surface area contributed by atoms with Crippen molar-refractivity contribution >= 4 is 35.1 Å². The van der Waals surface area contributed by atoms with E-state index in [2.05, 4.69) is 36.4 Å². The molecule has 0 aliphatic carbocycles. The zero-order valence-corrected chi connectivity index (χ0v) is 9.65. The van der Waals surface area contributed by atoms with Crippen molar-refractivity contribution < 1.29 is 0 Å². The summed E-state index contributed by atoms with van der Waals surface area (Å²) in [4.78, 5) is 0. The number of aromatic nitrogens is 1. The molecule has 0 unspecified atom stereocenters. The van der Waals surface area contributed by atoms with E-state index in [-0.39, 0.29) is 0 Å². The van der Waals surface area contributed by atoms with Crippen molar-refractivity contribution in [2.45, 2.75) is 19.2 Å². The first-order valence-corrected chi connectivity index (χ1v) is 5.66. The maximum absolute atomic E-state index is 6.16. The molecule has 3 heteroatoms. The summed E-state index contributed by atoms with van der Waals surface area (Å²) >= 11 is 10.5. The van der Waals surface area contributed by atoms with Crippen molar-refractivity contribution in [2.24, 2.45) is 0 Å². The Balaban J connectivity index is 2.82. The highest BCUT2D eigenvalue weighted by atomic mass is 35.5. The molecule has 2 aromatic rings. The quantitative estimate of drug-likeness (QED) is 0.743. The molecular formula is C11H12ClNS. The summed E-state index contributed by atoms with van der Waals surface area (Å²) in [5.74, 6) is 0.729. The van der Waals surface area contributed by atoms with Crippen LogP contribution < -0.4 is 0 Å². The summed E-state index contributed by atoms with van der Waals surface area (Å²) < 4.78 is 2.20. The lowest BCUT2D eigenvalue weighted by Gasteiger charge is -2.00. The minimum atomic E-state index is 0.729. The van der Waals surface area contributed by atoms with E-state index in [1.165, 1.54) is 11.1 Å². The van der Waals surface area contributed by atoms with E-state index in [1.54, 1.807) is 0 Å². The fourth-order valence-corrected chi connectivity index (χ4v) is 2.30. The fourth-order valence-electron chi connectivity index (χ4n) is 1.77. The largest absolute Gasteiger partial charge is 0.347 e. The van der Waals surface area contributed by atoms with Gasteiger partial charge in [-0.05, 0) is 24.6 Å². The van der Waals surface area contributed by atoms with Crippen LogP contribution in [0.1, 0.15) is 12.5 Å². The number of benzene rings is 1. The van der Waals surface area contributed by atoms with Crippen molar-refractivity contribution in [2.75, 3.05) is 0 Å². The van der Waals surface area contributed by atoms with Gasteiger partial charge < -0.3 is 4.57 Å². The van der Waals surface area contributed by atoms with E-state index in [9.17, 15) is 0 Å². The van der Waals surface area contributed by atoms with Crippen molar-refractivity contribution in [1.82, 2.24) is 4.57 Å². The zero-order valence-electron chi connectivity index (χ0n) is 8.00. The van der Waals surface area contributed by atoms with Crippen LogP contribution in [0.2, 0.25) is 5.02 Å². The Hall–Kier alpha value is -0.600. The minimum absolute atomic E-state index is 0.729. The lowest BCUT2D eigenvalue weighted by atomic mass is 10.2. The van der Waals surface area contributed by atoms with Crippen LogP contribution in [0, 0.1) is 0 Å². The minimum Gasteiger partial charge on any atom is -0.347 e. The number of halogens is 1. The smallest absolute Gasteiger partial charge is 0.0502 e. The summed E-state index contributed by atoms with van der Waals surface area (Å²) in [7, 11) is 0. The van der Waals surface area contributed by atoms with Crippen LogP contribution >= 0.6 is 24.2 Å². The molecule has 0 aliphatic rings. The molecule has 1 nitrogen and oxygen atoms in total. The monoisotopic (exact) mass is 225 g/mol. The Morgan fingerprint density at radius 3 is 2.86 bits per heavy atom. The highest BCUT2D eigenvalue weighted by molar-refractivity contribution is 7.79. The highest BCUT2D eigenvalue weighted by Crippen LogP contribution is 2.29. The van der Waals surface area contributed by atoms with Gasteiger partial charge in [0.05, 0.1) is 5.02 Å². The second-order valence-corrected chi connectivity index (χ2v) is 3.96. The van der Waals surface area contributed by atoms with Gasteiger partial charge in [0.1, 0.15) is 0 Å². The van der Waals surface area contributed by atoms with E-state index in [0.29, 0.717) is 0 Å². The highest BCUT2D eigenvalue weighted by Gasteiger charge is 2.08. The van der Waals surface area contributed by atoms with Crippen LogP contribution in [-0.2, 0) is 12.3 Å². The lowest BCUT2D eigenvalue weighted by molar-refractivity contribution is 0.795. The Kier molecular flexibility index (Phi) is 2.75. The van der Waals surface area contributed by atoms with Gasteiger partial charge in [-0.3, -0.25) is 0 Å². The summed E-state index contributed by atoms with van der Waals surface area (Å²) in [6, 6.07) is 6.01. The Morgan fingerprint density at radius 1 is 1.43 bits per heavy atom. The molecule has 14 heavy (non-hydrogen) atoms. The molecule has 0 N–H and O–H groups in total. The molecule has 0 saturated carbocycles. The SMILES string of the molecule is CCn1cc(CS)c2c(Cl)cccc21. The van der Waals surface area contributed by atoms with Crippen LogP contribution in [0.3, 0.4) is 0 Å². The predicted molar refractivity (Wildman–Crippen MR) is 65.3 cm³/mol. The first-order valence-electron chi connectivity index (χ1n) is 4.65. The number of nitrogens with zero attached hydrogens (tertiary/aromatic N) is 1. The lowest BCUT2D eigenvalue weighted by Crippen LogP contribution is -1.89. The number of thiol groups is 1.